The predicted molar refractivity (Wildman–Crippen MR) is 69.1 cm³/mol. The maximum Gasteiger partial charge on any atom is 0.392 e. The van der Waals surface area contributed by atoms with Gasteiger partial charge in [0.25, 0.3) is 0 Å². The summed E-state index contributed by atoms with van der Waals surface area (Å²) in [6.45, 7) is 0. The maximum atomic E-state index is 13.1. The average Bonchev–Trinajstić information content (AvgIpc) is 2.80. The molecule has 4 nitrogen and oxygen atoms in total. The van der Waals surface area contributed by atoms with E-state index in [-0.39, 0.29) is 6.42 Å². The Hall–Kier alpha value is -1.79. The van der Waals surface area contributed by atoms with E-state index in [0.717, 1.165) is 6.42 Å². The van der Waals surface area contributed by atoms with Crippen molar-refractivity contribution in [3.8, 4) is 0 Å². The van der Waals surface area contributed by atoms with Gasteiger partial charge in [-0.2, -0.15) is 13.2 Å². The van der Waals surface area contributed by atoms with Crippen molar-refractivity contribution in [2.45, 2.75) is 37.8 Å². The number of hydrogen-bond donors (Lipinski definition) is 2. The largest absolute Gasteiger partial charge is 0.392 e. The van der Waals surface area contributed by atoms with Crippen LogP contribution in [0.5, 0.6) is 0 Å². The van der Waals surface area contributed by atoms with Gasteiger partial charge in [0.2, 0.25) is 0 Å². The van der Waals surface area contributed by atoms with Gasteiger partial charge in [-0.25, -0.2) is 9.97 Å². The SMILES string of the molecule is Nc1ccc2[nH]c(C3CCCCC3C(F)(F)F)nc2n1. The molecule has 2 atom stereocenters. The first kappa shape index (κ1) is 13.2. The van der Waals surface area contributed by atoms with Gasteiger partial charge in [-0.15, -0.1) is 0 Å². The number of rotatable bonds is 1. The third kappa shape index (κ3) is 2.32. The second-order valence-electron chi connectivity index (χ2n) is 5.27. The highest BCUT2D eigenvalue weighted by atomic mass is 19.4. The van der Waals surface area contributed by atoms with Crippen LogP contribution in [0.3, 0.4) is 0 Å². The number of alkyl halides is 3. The van der Waals surface area contributed by atoms with Crippen LogP contribution < -0.4 is 5.73 Å². The monoisotopic (exact) mass is 284 g/mol. The standard InChI is InChI=1S/C13H15F3N4/c14-13(15,16)8-4-2-1-3-7(8)11-18-9-5-6-10(17)19-12(9)20-11/h5-8H,1-4H2,(H3,17,18,19,20). The maximum absolute atomic E-state index is 13.1. The second kappa shape index (κ2) is 4.64. The molecule has 0 bridgehead atoms. The van der Waals surface area contributed by atoms with Crippen molar-refractivity contribution in [2.75, 3.05) is 5.73 Å². The molecular weight excluding hydrogens is 269 g/mol. The number of anilines is 1. The summed E-state index contributed by atoms with van der Waals surface area (Å²) < 4.78 is 39.4. The van der Waals surface area contributed by atoms with Crippen LogP contribution in [-0.2, 0) is 0 Å². The molecule has 20 heavy (non-hydrogen) atoms. The fourth-order valence-corrected chi connectivity index (χ4v) is 2.95. The second-order valence-corrected chi connectivity index (χ2v) is 5.27. The van der Waals surface area contributed by atoms with E-state index in [1.54, 1.807) is 12.1 Å². The van der Waals surface area contributed by atoms with Crippen LogP contribution in [0.15, 0.2) is 12.1 Å². The molecule has 2 heterocycles. The van der Waals surface area contributed by atoms with Crippen molar-refractivity contribution >= 4 is 17.0 Å². The number of aromatic nitrogens is 3. The van der Waals surface area contributed by atoms with E-state index in [4.69, 9.17) is 5.73 Å². The summed E-state index contributed by atoms with van der Waals surface area (Å²) in [6.07, 6.45) is -2.10. The average molecular weight is 284 g/mol. The minimum Gasteiger partial charge on any atom is -0.384 e. The zero-order valence-electron chi connectivity index (χ0n) is 10.7. The van der Waals surface area contributed by atoms with Crippen molar-refractivity contribution in [3.63, 3.8) is 0 Å². The number of fused-ring (bicyclic) bond motifs is 1. The number of hydrogen-bond acceptors (Lipinski definition) is 3. The molecule has 7 heteroatoms. The highest BCUT2D eigenvalue weighted by molar-refractivity contribution is 5.72. The van der Waals surface area contributed by atoms with Gasteiger partial charge < -0.3 is 10.7 Å². The van der Waals surface area contributed by atoms with Crippen LogP contribution in [0.2, 0.25) is 0 Å². The lowest BCUT2D eigenvalue weighted by atomic mass is 9.78. The van der Waals surface area contributed by atoms with E-state index in [1.165, 1.54) is 0 Å². The molecule has 3 N–H and O–H groups in total. The van der Waals surface area contributed by atoms with Crippen LogP contribution in [0.4, 0.5) is 19.0 Å². The Labute approximate surface area is 113 Å². The number of H-pyrrole nitrogens is 1. The molecule has 2 unspecified atom stereocenters. The van der Waals surface area contributed by atoms with Gasteiger partial charge in [0.05, 0.1) is 11.4 Å². The van der Waals surface area contributed by atoms with Crippen molar-refractivity contribution in [1.29, 1.82) is 0 Å². The van der Waals surface area contributed by atoms with Crippen molar-refractivity contribution in [3.05, 3.63) is 18.0 Å². The Morgan fingerprint density at radius 2 is 1.90 bits per heavy atom. The molecule has 1 fully saturated rings. The Balaban J connectivity index is 1.99. The van der Waals surface area contributed by atoms with Gasteiger partial charge in [0.1, 0.15) is 11.6 Å². The zero-order chi connectivity index (χ0) is 14.3. The molecule has 3 rings (SSSR count). The zero-order valence-corrected chi connectivity index (χ0v) is 10.7. The van der Waals surface area contributed by atoms with E-state index in [1.807, 2.05) is 0 Å². The molecule has 0 aromatic carbocycles. The Bertz CT molecular complexity index is 620. The van der Waals surface area contributed by atoms with E-state index >= 15 is 0 Å². The molecule has 0 spiro atoms. The van der Waals surface area contributed by atoms with Gasteiger partial charge in [-0.3, -0.25) is 0 Å². The molecule has 2 aromatic heterocycles. The number of pyridine rings is 1. The number of halogens is 3. The number of nitrogens with two attached hydrogens (primary N) is 1. The van der Waals surface area contributed by atoms with E-state index < -0.39 is 18.0 Å². The number of nitrogen functional groups attached to an aromatic ring is 1. The Morgan fingerprint density at radius 3 is 2.65 bits per heavy atom. The summed E-state index contributed by atoms with van der Waals surface area (Å²) in [6, 6.07) is 3.30. The lowest BCUT2D eigenvalue weighted by Crippen LogP contribution is -2.32. The first-order valence-electron chi connectivity index (χ1n) is 6.64. The highest BCUT2D eigenvalue weighted by Crippen LogP contribution is 2.45. The van der Waals surface area contributed by atoms with Crippen LogP contribution in [0, 0.1) is 5.92 Å². The van der Waals surface area contributed by atoms with E-state index in [2.05, 4.69) is 15.0 Å². The molecule has 0 aliphatic heterocycles. The molecule has 0 radical (unpaired) electrons. The predicted octanol–water partition coefficient (Wildman–Crippen LogP) is 3.38. The Morgan fingerprint density at radius 1 is 1.15 bits per heavy atom. The van der Waals surface area contributed by atoms with E-state index in [0.29, 0.717) is 35.6 Å². The molecule has 1 saturated carbocycles. The van der Waals surface area contributed by atoms with Crippen LogP contribution >= 0.6 is 0 Å². The summed E-state index contributed by atoms with van der Waals surface area (Å²) in [5, 5.41) is 0. The van der Waals surface area contributed by atoms with Crippen molar-refractivity contribution in [1.82, 2.24) is 15.0 Å². The molecule has 0 amide bonds. The van der Waals surface area contributed by atoms with Gasteiger partial charge in [0, 0.05) is 5.92 Å². The lowest BCUT2D eigenvalue weighted by Gasteiger charge is -2.31. The van der Waals surface area contributed by atoms with Gasteiger partial charge in [-0.1, -0.05) is 12.8 Å². The number of aromatic amines is 1. The highest BCUT2D eigenvalue weighted by Gasteiger charge is 2.46. The van der Waals surface area contributed by atoms with Gasteiger partial charge >= 0.3 is 6.18 Å². The number of nitrogens with one attached hydrogen (secondary N) is 1. The number of nitrogens with zero attached hydrogens (tertiary/aromatic N) is 2. The molecule has 0 saturated heterocycles. The molecule has 2 aromatic rings. The summed E-state index contributed by atoms with van der Waals surface area (Å²) in [5.74, 6) is -1.25. The third-order valence-electron chi connectivity index (χ3n) is 3.92. The smallest absolute Gasteiger partial charge is 0.384 e. The lowest BCUT2D eigenvalue weighted by molar-refractivity contribution is -0.187. The normalized spacial score (nSPS) is 24.1. The molecule has 1 aliphatic carbocycles. The summed E-state index contributed by atoms with van der Waals surface area (Å²) >= 11 is 0. The number of imidazole rings is 1. The molecule has 108 valence electrons. The fourth-order valence-electron chi connectivity index (χ4n) is 2.95. The topological polar surface area (TPSA) is 67.6 Å². The third-order valence-corrected chi connectivity index (χ3v) is 3.92. The summed E-state index contributed by atoms with van der Waals surface area (Å²) in [7, 11) is 0. The minimum atomic E-state index is -4.18. The minimum absolute atomic E-state index is 0.167. The van der Waals surface area contributed by atoms with Crippen molar-refractivity contribution < 1.29 is 13.2 Å². The first-order chi connectivity index (χ1) is 9.45. The van der Waals surface area contributed by atoms with E-state index in [9.17, 15) is 13.2 Å². The van der Waals surface area contributed by atoms with Crippen LogP contribution in [0.25, 0.3) is 11.2 Å². The van der Waals surface area contributed by atoms with Crippen molar-refractivity contribution in [2.24, 2.45) is 5.92 Å². The quantitative estimate of drug-likeness (QED) is 0.843. The van der Waals surface area contributed by atoms with Gasteiger partial charge in [-0.05, 0) is 25.0 Å². The summed E-state index contributed by atoms with van der Waals surface area (Å²) in [5.41, 5.74) is 6.57. The van der Waals surface area contributed by atoms with Crippen LogP contribution in [-0.4, -0.2) is 21.1 Å². The molecular formula is C13H15F3N4. The first-order valence-corrected chi connectivity index (χ1v) is 6.64. The molecule has 1 aliphatic rings. The summed E-state index contributed by atoms with van der Waals surface area (Å²) in [4.78, 5) is 11.2. The van der Waals surface area contributed by atoms with Gasteiger partial charge in [0.15, 0.2) is 5.65 Å². The Kier molecular flexibility index (Phi) is 3.07. The van der Waals surface area contributed by atoms with Crippen LogP contribution in [0.1, 0.15) is 37.4 Å². The fraction of sp³-hybridized carbons (Fsp3) is 0.538.